The fourth-order valence-electron chi connectivity index (χ4n) is 5.17. The number of rotatable bonds is 8. The highest BCUT2D eigenvalue weighted by atomic mass is 16.5. The van der Waals surface area contributed by atoms with E-state index < -0.39 is 6.29 Å². The van der Waals surface area contributed by atoms with Crippen molar-refractivity contribution in [1.82, 2.24) is 20.9 Å². The van der Waals surface area contributed by atoms with E-state index in [-0.39, 0.29) is 11.8 Å². The molecule has 2 fully saturated rings. The lowest BCUT2D eigenvalue weighted by molar-refractivity contribution is -0.148. The molecule has 32 heavy (non-hydrogen) atoms. The van der Waals surface area contributed by atoms with Crippen LogP contribution in [0.3, 0.4) is 0 Å². The summed E-state index contributed by atoms with van der Waals surface area (Å²) in [5.41, 5.74) is 4.96. The van der Waals surface area contributed by atoms with E-state index in [2.05, 4.69) is 41.3 Å². The van der Waals surface area contributed by atoms with Crippen molar-refractivity contribution in [3.63, 3.8) is 0 Å². The molecule has 1 spiro atoms. The van der Waals surface area contributed by atoms with Gasteiger partial charge in [0.25, 0.3) is 0 Å². The second-order valence-electron chi connectivity index (χ2n) is 9.54. The molecule has 3 heterocycles. The first kappa shape index (κ1) is 22.8. The second-order valence-corrected chi connectivity index (χ2v) is 9.54. The van der Waals surface area contributed by atoms with E-state index in [1.807, 2.05) is 4.90 Å². The fourth-order valence-corrected chi connectivity index (χ4v) is 5.17. The van der Waals surface area contributed by atoms with Crippen molar-refractivity contribution in [2.75, 3.05) is 26.2 Å². The molecular formula is C25H36N4O3. The third-order valence-electron chi connectivity index (χ3n) is 7.13. The third-order valence-corrected chi connectivity index (χ3v) is 7.13. The Kier molecular flexibility index (Phi) is 6.88. The summed E-state index contributed by atoms with van der Waals surface area (Å²) in [6.45, 7) is 11.8. The smallest absolute Gasteiger partial charge is 0.229 e. The van der Waals surface area contributed by atoms with E-state index in [1.54, 1.807) is 6.08 Å². The zero-order valence-electron chi connectivity index (χ0n) is 18.8. The number of piperidine rings is 1. The monoisotopic (exact) mass is 440 g/mol. The Morgan fingerprint density at radius 1 is 1.22 bits per heavy atom. The standard InChI is InChI=1S/C25H36N4O3/c1-3-17(2)23-20(6-4-5-7-22(30)31)27-21-14-18(8-9-19(21)28-23)24(32)29-15-25(16-29)10-12-26-13-11-25/h3,9,14,18,22,26-28,30-31H,1-2,4-8,10-13,15-16H2. The number of carbonyl (C=O) groups excluding carboxylic acids is 1. The van der Waals surface area contributed by atoms with Crippen molar-refractivity contribution in [2.45, 2.75) is 51.2 Å². The minimum absolute atomic E-state index is 0.142. The Hall–Kier alpha value is -2.35. The number of unbranched alkanes of at least 4 members (excludes halogenated alkanes) is 1. The van der Waals surface area contributed by atoms with Gasteiger partial charge in [0, 0.05) is 24.2 Å². The van der Waals surface area contributed by atoms with Gasteiger partial charge in [-0.05, 0) is 69.7 Å². The number of nitrogens with zero attached hydrogens (tertiary/aromatic N) is 1. The van der Waals surface area contributed by atoms with Crippen LogP contribution in [0.4, 0.5) is 0 Å². The fraction of sp³-hybridized carbons (Fsp3) is 0.560. The zero-order chi connectivity index (χ0) is 22.7. The minimum Gasteiger partial charge on any atom is -0.368 e. The molecule has 0 saturated carbocycles. The number of fused-ring (bicyclic) bond motifs is 1. The Morgan fingerprint density at radius 2 is 1.97 bits per heavy atom. The van der Waals surface area contributed by atoms with Crippen LogP contribution in [0.25, 0.3) is 0 Å². The summed E-state index contributed by atoms with van der Waals surface area (Å²) in [5.74, 6) is 0.0829. The van der Waals surface area contributed by atoms with Gasteiger partial charge in [0.15, 0.2) is 6.29 Å². The van der Waals surface area contributed by atoms with Gasteiger partial charge in [-0.25, -0.2) is 0 Å². The van der Waals surface area contributed by atoms with Gasteiger partial charge in [0.05, 0.1) is 23.0 Å². The quantitative estimate of drug-likeness (QED) is 0.225. The number of amides is 1. The molecule has 0 aromatic carbocycles. The number of aliphatic hydroxyl groups is 2. The van der Waals surface area contributed by atoms with Crippen LogP contribution in [0.5, 0.6) is 0 Å². The molecule has 1 aliphatic carbocycles. The average molecular weight is 441 g/mol. The molecule has 1 unspecified atom stereocenters. The summed E-state index contributed by atoms with van der Waals surface area (Å²) in [7, 11) is 0. The van der Waals surface area contributed by atoms with Crippen molar-refractivity contribution < 1.29 is 15.0 Å². The summed E-state index contributed by atoms with van der Waals surface area (Å²) >= 11 is 0. The highest BCUT2D eigenvalue weighted by Crippen LogP contribution is 2.40. The van der Waals surface area contributed by atoms with Crippen LogP contribution in [0, 0.1) is 11.3 Å². The maximum Gasteiger partial charge on any atom is 0.229 e. The number of hydrogen-bond acceptors (Lipinski definition) is 6. The van der Waals surface area contributed by atoms with Crippen molar-refractivity contribution in [2.24, 2.45) is 11.3 Å². The number of carbonyl (C=O) groups is 1. The molecule has 0 aromatic heterocycles. The van der Waals surface area contributed by atoms with Gasteiger partial charge in [0.1, 0.15) is 0 Å². The van der Waals surface area contributed by atoms with E-state index in [0.29, 0.717) is 24.7 Å². The maximum atomic E-state index is 13.2. The van der Waals surface area contributed by atoms with Gasteiger partial charge in [-0.15, -0.1) is 0 Å². The molecule has 4 rings (SSSR count). The van der Waals surface area contributed by atoms with Crippen LogP contribution in [-0.4, -0.2) is 53.5 Å². The molecule has 0 radical (unpaired) electrons. The van der Waals surface area contributed by atoms with E-state index in [9.17, 15) is 4.79 Å². The Balaban J connectivity index is 1.42. The number of hydrogen-bond donors (Lipinski definition) is 5. The molecule has 0 aromatic rings. The predicted molar refractivity (Wildman–Crippen MR) is 125 cm³/mol. The molecule has 4 aliphatic rings. The summed E-state index contributed by atoms with van der Waals surface area (Å²) in [4.78, 5) is 15.2. The van der Waals surface area contributed by atoms with E-state index in [0.717, 1.165) is 80.2 Å². The first-order valence-corrected chi connectivity index (χ1v) is 11.8. The van der Waals surface area contributed by atoms with Crippen molar-refractivity contribution in [3.8, 4) is 0 Å². The number of nitrogens with one attached hydrogen (secondary N) is 3. The molecule has 7 nitrogen and oxygen atoms in total. The van der Waals surface area contributed by atoms with Crippen LogP contribution in [0.15, 0.2) is 59.7 Å². The second kappa shape index (κ2) is 9.65. The van der Waals surface area contributed by atoms with E-state index in [4.69, 9.17) is 10.2 Å². The lowest BCUT2D eigenvalue weighted by atomic mass is 9.72. The third kappa shape index (κ3) is 4.85. The van der Waals surface area contributed by atoms with Crippen molar-refractivity contribution in [1.29, 1.82) is 0 Å². The number of likely N-dealkylation sites (tertiary alicyclic amines) is 1. The van der Waals surface area contributed by atoms with Crippen molar-refractivity contribution in [3.05, 3.63) is 59.7 Å². The Bertz CT molecular complexity index is 856. The average Bonchev–Trinajstić information content (AvgIpc) is 2.78. The molecule has 0 bridgehead atoms. The summed E-state index contributed by atoms with van der Waals surface area (Å²) < 4.78 is 0. The summed E-state index contributed by atoms with van der Waals surface area (Å²) in [6.07, 6.45) is 10.3. The van der Waals surface area contributed by atoms with Crippen LogP contribution >= 0.6 is 0 Å². The van der Waals surface area contributed by atoms with E-state index in [1.165, 1.54) is 0 Å². The maximum absolute atomic E-state index is 13.2. The van der Waals surface area contributed by atoms with Gasteiger partial charge in [-0.3, -0.25) is 4.79 Å². The zero-order valence-corrected chi connectivity index (χ0v) is 18.8. The normalized spacial score (nSPS) is 24.1. The lowest BCUT2D eigenvalue weighted by Crippen LogP contribution is -2.62. The molecule has 174 valence electrons. The van der Waals surface area contributed by atoms with Crippen LogP contribution < -0.4 is 16.0 Å². The summed E-state index contributed by atoms with van der Waals surface area (Å²) in [5, 5.41) is 28.6. The molecular weight excluding hydrogens is 404 g/mol. The topological polar surface area (TPSA) is 96.9 Å². The molecule has 2 saturated heterocycles. The number of aliphatic hydroxyl groups excluding tert-OH is 1. The van der Waals surface area contributed by atoms with Crippen LogP contribution in [0.1, 0.15) is 44.9 Å². The highest BCUT2D eigenvalue weighted by molar-refractivity contribution is 5.82. The van der Waals surface area contributed by atoms with Gasteiger partial charge in [-0.2, -0.15) is 0 Å². The first-order valence-electron chi connectivity index (χ1n) is 11.8. The minimum atomic E-state index is -1.27. The largest absolute Gasteiger partial charge is 0.368 e. The van der Waals surface area contributed by atoms with Crippen molar-refractivity contribution >= 4 is 5.91 Å². The Morgan fingerprint density at radius 3 is 2.66 bits per heavy atom. The molecule has 7 heteroatoms. The molecule has 3 aliphatic heterocycles. The Labute approximate surface area is 190 Å². The highest BCUT2D eigenvalue weighted by Gasteiger charge is 2.46. The lowest BCUT2D eigenvalue weighted by Gasteiger charge is -2.53. The van der Waals surface area contributed by atoms with Gasteiger partial charge in [0.2, 0.25) is 5.91 Å². The van der Waals surface area contributed by atoms with Crippen LogP contribution in [-0.2, 0) is 4.79 Å². The van der Waals surface area contributed by atoms with Gasteiger partial charge in [-0.1, -0.05) is 25.3 Å². The number of allylic oxidation sites excluding steroid dienone is 3. The molecule has 5 N–H and O–H groups in total. The predicted octanol–water partition coefficient (Wildman–Crippen LogP) is 2.00. The summed E-state index contributed by atoms with van der Waals surface area (Å²) in [6, 6.07) is 0. The van der Waals surface area contributed by atoms with Crippen LogP contribution in [0.2, 0.25) is 0 Å². The molecule has 1 amide bonds. The molecule has 1 atom stereocenters. The first-order chi connectivity index (χ1) is 15.4. The van der Waals surface area contributed by atoms with E-state index >= 15 is 0 Å². The van der Waals surface area contributed by atoms with Gasteiger partial charge >= 0.3 is 0 Å². The SMILES string of the molecule is C=CC(=C)C1=C(CCCCC(O)O)NC2=CC(C(=O)N3CC4(CCNCC4)C3)CC=C2N1. The van der Waals surface area contributed by atoms with Gasteiger partial charge < -0.3 is 31.1 Å².